The lowest BCUT2D eigenvalue weighted by Gasteiger charge is -2.11. The molecule has 0 radical (unpaired) electrons. The fraction of sp³-hybridized carbons (Fsp3) is 0.333. The third-order valence-electron chi connectivity index (χ3n) is 3.81. The van der Waals surface area contributed by atoms with Crippen molar-refractivity contribution in [3.8, 4) is 0 Å². The van der Waals surface area contributed by atoms with Crippen LogP contribution in [0.25, 0.3) is 0 Å². The van der Waals surface area contributed by atoms with Gasteiger partial charge >= 0.3 is 0 Å². The maximum absolute atomic E-state index is 13.7. The van der Waals surface area contributed by atoms with Gasteiger partial charge in [0.25, 0.3) is 0 Å². The van der Waals surface area contributed by atoms with Crippen LogP contribution in [0.4, 0.5) is 10.1 Å². The quantitative estimate of drug-likeness (QED) is 0.810. The molecule has 1 aromatic heterocycles. The van der Waals surface area contributed by atoms with Gasteiger partial charge in [-0.15, -0.1) is 0 Å². The van der Waals surface area contributed by atoms with Crippen molar-refractivity contribution in [2.24, 2.45) is 0 Å². The highest BCUT2D eigenvalue weighted by Gasteiger charge is 2.22. The number of halogens is 2. The van der Waals surface area contributed by atoms with Crippen LogP contribution in [0.15, 0.2) is 24.4 Å². The molecular formula is C15H16ClFN4O. The Balaban J connectivity index is 1.71. The van der Waals surface area contributed by atoms with Gasteiger partial charge in [0.1, 0.15) is 5.82 Å². The first kappa shape index (κ1) is 15.0. The number of anilines is 1. The molecule has 1 saturated heterocycles. The van der Waals surface area contributed by atoms with Gasteiger partial charge in [-0.3, -0.25) is 9.89 Å². The largest absolute Gasteiger partial charge is 0.323 e. The number of rotatable bonds is 4. The Labute approximate surface area is 132 Å². The number of nitrogens with one attached hydrogen (secondary N) is 3. The van der Waals surface area contributed by atoms with Crippen molar-refractivity contribution in [1.82, 2.24) is 15.5 Å². The Bertz CT molecular complexity index is 662. The molecule has 0 spiro atoms. The minimum Gasteiger partial charge on any atom is -0.323 e. The summed E-state index contributed by atoms with van der Waals surface area (Å²) >= 11 is 5.94. The van der Waals surface area contributed by atoms with Crippen LogP contribution >= 0.6 is 11.6 Å². The minimum atomic E-state index is -0.477. The van der Waals surface area contributed by atoms with Crippen LogP contribution in [0.2, 0.25) is 5.02 Å². The summed E-state index contributed by atoms with van der Waals surface area (Å²) in [6.07, 6.45) is 2.46. The van der Waals surface area contributed by atoms with Crippen molar-refractivity contribution in [2.75, 3.05) is 18.4 Å². The molecule has 0 bridgehead atoms. The maximum Gasteiger partial charge on any atom is 0.229 e. The predicted molar refractivity (Wildman–Crippen MR) is 82.6 cm³/mol. The third-order valence-corrected chi connectivity index (χ3v) is 4.16. The van der Waals surface area contributed by atoms with Gasteiger partial charge in [-0.25, -0.2) is 4.39 Å². The first-order valence-electron chi connectivity index (χ1n) is 7.12. The van der Waals surface area contributed by atoms with Gasteiger partial charge in [0.15, 0.2) is 0 Å². The SMILES string of the molecule is O=C(Cc1c(F)cccc1Cl)Nc1cn[nH]c1C1CCNC1. The van der Waals surface area contributed by atoms with Crippen LogP contribution < -0.4 is 10.6 Å². The summed E-state index contributed by atoms with van der Waals surface area (Å²) in [6.45, 7) is 1.80. The lowest BCUT2D eigenvalue weighted by Crippen LogP contribution is -2.17. The van der Waals surface area contributed by atoms with E-state index in [1.807, 2.05) is 0 Å². The average Bonchev–Trinajstić information content (AvgIpc) is 3.13. The van der Waals surface area contributed by atoms with Crippen molar-refractivity contribution in [2.45, 2.75) is 18.8 Å². The molecule has 2 heterocycles. The zero-order chi connectivity index (χ0) is 15.5. The number of aromatic amines is 1. The lowest BCUT2D eigenvalue weighted by atomic mass is 10.0. The van der Waals surface area contributed by atoms with E-state index in [4.69, 9.17) is 11.6 Å². The average molecular weight is 323 g/mol. The molecule has 3 rings (SSSR count). The third kappa shape index (κ3) is 3.13. The van der Waals surface area contributed by atoms with Gasteiger partial charge in [0, 0.05) is 23.0 Å². The zero-order valence-electron chi connectivity index (χ0n) is 11.8. The number of hydrogen-bond donors (Lipinski definition) is 3. The smallest absolute Gasteiger partial charge is 0.229 e. The molecule has 22 heavy (non-hydrogen) atoms. The van der Waals surface area contributed by atoms with Crippen molar-refractivity contribution >= 4 is 23.2 Å². The first-order valence-corrected chi connectivity index (χ1v) is 7.49. The van der Waals surface area contributed by atoms with E-state index in [2.05, 4.69) is 20.8 Å². The van der Waals surface area contributed by atoms with E-state index in [9.17, 15) is 9.18 Å². The van der Waals surface area contributed by atoms with Gasteiger partial charge in [0.2, 0.25) is 5.91 Å². The van der Waals surface area contributed by atoms with Crippen LogP contribution in [0.1, 0.15) is 23.6 Å². The molecular weight excluding hydrogens is 307 g/mol. The molecule has 0 aliphatic carbocycles. The van der Waals surface area contributed by atoms with E-state index in [-0.39, 0.29) is 22.9 Å². The highest BCUT2D eigenvalue weighted by Crippen LogP contribution is 2.27. The molecule has 5 nitrogen and oxygen atoms in total. The molecule has 1 unspecified atom stereocenters. The monoisotopic (exact) mass is 322 g/mol. The normalized spacial score (nSPS) is 17.6. The fourth-order valence-corrected chi connectivity index (χ4v) is 2.89. The lowest BCUT2D eigenvalue weighted by molar-refractivity contribution is -0.115. The highest BCUT2D eigenvalue weighted by atomic mass is 35.5. The van der Waals surface area contributed by atoms with E-state index >= 15 is 0 Å². The molecule has 1 amide bonds. The highest BCUT2D eigenvalue weighted by molar-refractivity contribution is 6.31. The topological polar surface area (TPSA) is 69.8 Å². The Morgan fingerprint density at radius 3 is 3.09 bits per heavy atom. The van der Waals surface area contributed by atoms with E-state index in [1.54, 1.807) is 12.3 Å². The molecule has 1 fully saturated rings. The first-order chi connectivity index (χ1) is 10.6. The van der Waals surface area contributed by atoms with Gasteiger partial charge in [0.05, 0.1) is 24.0 Å². The van der Waals surface area contributed by atoms with E-state index in [1.165, 1.54) is 12.1 Å². The van der Waals surface area contributed by atoms with Gasteiger partial charge in [-0.2, -0.15) is 5.10 Å². The van der Waals surface area contributed by atoms with Crippen LogP contribution in [-0.4, -0.2) is 29.2 Å². The minimum absolute atomic E-state index is 0.112. The van der Waals surface area contributed by atoms with Gasteiger partial charge in [-0.1, -0.05) is 17.7 Å². The van der Waals surface area contributed by atoms with Crippen molar-refractivity contribution in [1.29, 1.82) is 0 Å². The molecule has 2 aromatic rings. The molecule has 3 N–H and O–H groups in total. The predicted octanol–water partition coefficient (Wildman–Crippen LogP) is 2.46. The number of aromatic nitrogens is 2. The molecule has 1 aromatic carbocycles. The maximum atomic E-state index is 13.7. The molecule has 1 aliphatic heterocycles. The van der Waals surface area contributed by atoms with E-state index in [0.29, 0.717) is 11.6 Å². The van der Waals surface area contributed by atoms with Crippen molar-refractivity contribution in [3.63, 3.8) is 0 Å². The molecule has 7 heteroatoms. The second kappa shape index (κ2) is 6.46. The Kier molecular flexibility index (Phi) is 4.40. The second-order valence-corrected chi connectivity index (χ2v) is 5.72. The van der Waals surface area contributed by atoms with Crippen LogP contribution in [0.3, 0.4) is 0 Å². The van der Waals surface area contributed by atoms with Crippen LogP contribution in [-0.2, 0) is 11.2 Å². The summed E-state index contributed by atoms with van der Waals surface area (Å²) in [5.41, 5.74) is 1.75. The van der Waals surface area contributed by atoms with Gasteiger partial charge in [-0.05, 0) is 25.1 Å². The molecule has 116 valence electrons. The summed E-state index contributed by atoms with van der Waals surface area (Å²) < 4.78 is 13.7. The number of H-pyrrole nitrogens is 1. The number of benzene rings is 1. The zero-order valence-corrected chi connectivity index (χ0v) is 12.6. The van der Waals surface area contributed by atoms with Crippen molar-refractivity contribution in [3.05, 3.63) is 46.5 Å². The summed E-state index contributed by atoms with van der Waals surface area (Å²) in [5.74, 6) is -0.495. The summed E-state index contributed by atoms with van der Waals surface area (Å²) in [6, 6.07) is 4.38. The Hall–Kier alpha value is -1.92. The summed E-state index contributed by atoms with van der Waals surface area (Å²) in [7, 11) is 0. The molecule has 1 aliphatic rings. The molecule has 0 saturated carbocycles. The summed E-state index contributed by atoms with van der Waals surface area (Å²) in [4.78, 5) is 12.2. The summed E-state index contributed by atoms with van der Waals surface area (Å²) in [5, 5.41) is 13.2. The Morgan fingerprint density at radius 2 is 2.36 bits per heavy atom. The molecule has 1 atom stereocenters. The van der Waals surface area contributed by atoms with Crippen LogP contribution in [0.5, 0.6) is 0 Å². The Morgan fingerprint density at radius 1 is 1.50 bits per heavy atom. The number of amides is 1. The number of carbonyl (C=O) groups excluding carboxylic acids is 1. The number of carbonyl (C=O) groups is 1. The second-order valence-electron chi connectivity index (χ2n) is 5.31. The van der Waals surface area contributed by atoms with Gasteiger partial charge < -0.3 is 10.6 Å². The number of nitrogens with zero attached hydrogens (tertiary/aromatic N) is 1. The van der Waals surface area contributed by atoms with E-state index < -0.39 is 5.82 Å². The van der Waals surface area contributed by atoms with Crippen LogP contribution in [0, 0.1) is 5.82 Å². The number of hydrogen-bond acceptors (Lipinski definition) is 3. The standard InChI is InChI=1S/C15H16ClFN4O/c16-11-2-1-3-12(17)10(11)6-14(22)20-13-8-19-21-15(13)9-4-5-18-7-9/h1-3,8-9,18H,4-7H2,(H,19,21)(H,20,22). The van der Waals surface area contributed by atoms with E-state index in [0.717, 1.165) is 25.2 Å². The fourth-order valence-electron chi connectivity index (χ4n) is 2.66. The van der Waals surface area contributed by atoms with Crippen molar-refractivity contribution < 1.29 is 9.18 Å².